The third kappa shape index (κ3) is 2.37. The van der Waals surface area contributed by atoms with E-state index in [1.807, 2.05) is 12.1 Å². The van der Waals surface area contributed by atoms with Crippen molar-refractivity contribution in [2.75, 3.05) is 0 Å². The Kier molecular flexibility index (Phi) is 3.47. The third-order valence-corrected chi connectivity index (χ3v) is 3.89. The van der Waals surface area contributed by atoms with E-state index in [0.717, 1.165) is 5.75 Å². The molecule has 0 radical (unpaired) electrons. The number of fused-ring (bicyclic) bond motifs is 1. The van der Waals surface area contributed by atoms with E-state index in [0.29, 0.717) is 0 Å². The van der Waals surface area contributed by atoms with Gasteiger partial charge >= 0.3 is 0 Å². The molecule has 0 aliphatic heterocycles. The normalized spacial score (nSPS) is 10.6. The van der Waals surface area contributed by atoms with Crippen molar-refractivity contribution in [3.63, 3.8) is 0 Å². The van der Waals surface area contributed by atoms with E-state index in [1.54, 1.807) is 0 Å². The molecule has 0 spiro atoms. The smallest absolute Gasteiger partial charge is 0.151 e. The third-order valence-electron chi connectivity index (χ3n) is 2.44. The Morgan fingerprint density at radius 3 is 2.75 bits per heavy atom. The minimum atomic E-state index is 0.164. The van der Waals surface area contributed by atoms with Crippen LogP contribution in [-0.4, -0.2) is 5.17 Å². The molecule has 0 aliphatic rings. The molecule has 3 N–H and O–H groups in total. The second kappa shape index (κ2) is 4.86. The van der Waals surface area contributed by atoms with Crippen molar-refractivity contribution >= 4 is 42.2 Å². The van der Waals surface area contributed by atoms with Crippen LogP contribution < -0.4 is 11.0 Å². The van der Waals surface area contributed by atoms with E-state index in [-0.39, 0.29) is 5.17 Å². The van der Waals surface area contributed by atoms with E-state index in [2.05, 4.69) is 33.5 Å². The number of amidine groups is 1. The minimum absolute atomic E-state index is 0.164. The van der Waals surface area contributed by atoms with Gasteiger partial charge < -0.3 is 5.73 Å². The molecule has 0 saturated carbocycles. The highest BCUT2D eigenvalue weighted by Crippen LogP contribution is 2.19. The fourth-order valence-electron chi connectivity index (χ4n) is 1.62. The molecule has 0 aliphatic carbocycles. The number of thioether (sulfide) groups is 1. The van der Waals surface area contributed by atoms with Crippen LogP contribution in [0.4, 0.5) is 0 Å². The molecule has 4 heteroatoms. The largest absolute Gasteiger partial charge is 0.379 e. The molecule has 82 valence electrons. The zero-order valence-electron chi connectivity index (χ0n) is 8.73. The molecule has 2 rings (SSSR count). The molecule has 0 fully saturated rings. The molecule has 0 amide bonds. The standard InChI is InChI=1S/C12H13N2PS/c13-12(14)16-7-9-6-5-8-3-1-2-4-10(8)11(9)15/h1-6H,7,15H2,(H3,13,14). The summed E-state index contributed by atoms with van der Waals surface area (Å²) in [7, 11) is 2.78. The Bertz CT molecular complexity index is 540. The maximum Gasteiger partial charge on any atom is 0.151 e. The summed E-state index contributed by atoms with van der Waals surface area (Å²) in [5.41, 5.74) is 6.55. The average molecular weight is 248 g/mol. The van der Waals surface area contributed by atoms with Gasteiger partial charge in [-0.3, -0.25) is 5.41 Å². The molecule has 0 aromatic heterocycles. The lowest BCUT2D eigenvalue weighted by atomic mass is 10.1. The predicted octanol–water partition coefficient (Wildman–Crippen LogP) is 2.47. The lowest BCUT2D eigenvalue weighted by Crippen LogP contribution is -2.07. The molecular weight excluding hydrogens is 235 g/mol. The van der Waals surface area contributed by atoms with Gasteiger partial charge in [0, 0.05) is 5.75 Å². The number of rotatable bonds is 2. The van der Waals surface area contributed by atoms with Gasteiger partial charge in [-0.05, 0) is 21.6 Å². The van der Waals surface area contributed by atoms with Gasteiger partial charge in [-0.1, -0.05) is 48.2 Å². The van der Waals surface area contributed by atoms with E-state index >= 15 is 0 Å². The topological polar surface area (TPSA) is 49.9 Å². The Labute approximate surface area is 101 Å². The minimum Gasteiger partial charge on any atom is -0.379 e. The molecule has 0 bridgehead atoms. The zero-order chi connectivity index (χ0) is 11.5. The van der Waals surface area contributed by atoms with Crippen molar-refractivity contribution in [3.05, 3.63) is 42.0 Å². The summed E-state index contributed by atoms with van der Waals surface area (Å²) in [5, 5.41) is 11.1. The number of hydrogen-bond acceptors (Lipinski definition) is 2. The van der Waals surface area contributed by atoms with Crippen molar-refractivity contribution in [3.8, 4) is 0 Å². The summed E-state index contributed by atoms with van der Waals surface area (Å²) in [4.78, 5) is 0. The lowest BCUT2D eigenvalue weighted by Gasteiger charge is -2.08. The van der Waals surface area contributed by atoms with Gasteiger partial charge in [0.05, 0.1) is 0 Å². The molecule has 2 nitrogen and oxygen atoms in total. The zero-order valence-corrected chi connectivity index (χ0v) is 10.7. The molecule has 16 heavy (non-hydrogen) atoms. The lowest BCUT2D eigenvalue weighted by molar-refractivity contribution is 1.46. The van der Waals surface area contributed by atoms with Crippen LogP contribution in [0.15, 0.2) is 36.4 Å². The van der Waals surface area contributed by atoms with E-state index < -0.39 is 0 Å². The van der Waals surface area contributed by atoms with Crippen LogP contribution in [0.3, 0.4) is 0 Å². The second-order valence-electron chi connectivity index (χ2n) is 3.51. The molecule has 1 atom stereocenters. The van der Waals surface area contributed by atoms with Crippen LogP contribution in [0, 0.1) is 5.41 Å². The van der Waals surface area contributed by atoms with Crippen molar-refractivity contribution in [1.82, 2.24) is 0 Å². The SMILES string of the molecule is N=C(N)SCc1ccc2ccccc2c1P. The summed E-state index contributed by atoms with van der Waals surface area (Å²) < 4.78 is 0. The Morgan fingerprint density at radius 1 is 1.25 bits per heavy atom. The Morgan fingerprint density at radius 2 is 2.00 bits per heavy atom. The highest BCUT2D eigenvalue weighted by molar-refractivity contribution is 8.13. The summed E-state index contributed by atoms with van der Waals surface area (Å²) >= 11 is 1.35. The predicted molar refractivity (Wildman–Crippen MR) is 76.5 cm³/mol. The summed E-state index contributed by atoms with van der Waals surface area (Å²) in [5.74, 6) is 0.749. The maximum atomic E-state index is 7.21. The van der Waals surface area contributed by atoms with Crippen LogP contribution >= 0.6 is 21.0 Å². The Balaban J connectivity index is 2.40. The molecule has 0 saturated heterocycles. The summed E-state index contributed by atoms with van der Waals surface area (Å²) in [6, 6.07) is 12.5. The number of hydrogen-bond donors (Lipinski definition) is 2. The summed E-state index contributed by atoms with van der Waals surface area (Å²) in [6.45, 7) is 0. The van der Waals surface area contributed by atoms with E-state index in [4.69, 9.17) is 11.1 Å². The van der Waals surface area contributed by atoms with Crippen LogP contribution in [0.25, 0.3) is 10.8 Å². The van der Waals surface area contributed by atoms with Gasteiger partial charge in [0.2, 0.25) is 0 Å². The monoisotopic (exact) mass is 248 g/mol. The fourth-order valence-corrected chi connectivity index (χ4v) is 2.79. The number of nitrogens with one attached hydrogen (secondary N) is 1. The van der Waals surface area contributed by atoms with Crippen LogP contribution in [-0.2, 0) is 5.75 Å². The quantitative estimate of drug-likeness (QED) is 0.487. The van der Waals surface area contributed by atoms with E-state index in [9.17, 15) is 0 Å². The number of nitrogens with two attached hydrogens (primary N) is 1. The van der Waals surface area contributed by atoms with Crippen molar-refractivity contribution < 1.29 is 0 Å². The molecule has 0 heterocycles. The van der Waals surface area contributed by atoms with Gasteiger partial charge in [-0.25, -0.2) is 0 Å². The first-order valence-corrected chi connectivity index (χ1v) is 6.47. The first-order valence-electron chi connectivity index (χ1n) is 4.91. The summed E-state index contributed by atoms with van der Waals surface area (Å²) in [6.07, 6.45) is 0. The first-order chi connectivity index (χ1) is 7.68. The molecule has 1 unspecified atom stereocenters. The van der Waals surface area contributed by atoms with Crippen LogP contribution in [0.1, 0.15) is 5.56 Å². The van der Waals surface area contributed by atoms with E-state index in [1.165, 1.54) is 33.4 Å². The van der Waals surface area contributed by atoms with Crippen molar-refractivity contribution in [2.24, 2.45) is 5.73 Å². The van der Waals surface area contributed by atoms with Crippen LogP contribution in [0.2, 0.25) is 0 Å². The molecule has 2 aromatic rings. The van der Waals surface area contributed by atoms with Gasteiger partial charge in [-0.15, -0.1) is 9.24 Å². The number of benzene rings is 2. The first kappa shape index (κ1) is 11.4. The van der Waals surface area contributed by atoms with Crippen molar-refractivity contribution in [2.45, 2.75) is 5.75 Å². The average Bonchev–Trinajstić information content (AvgIpc) is 2.28. The van der Waals surface area contributed by atoms with Gasteiger partial charge in [-0.2, -0.15) is 0 Å². The van der Waals surface area contributed by atoms with Crippen molar-refractivity contribution in [1.29, 1.82) is 5.41 Å². The van der Waals surface area contributed by atoms with Crippen LogP contribution in [0.5, 0.6) is 0 Å². The highest BCUT2D eigenvalue weighted by atomic mass is 32.2. The van der Waals surface area contributed by atoms with Gasteiger partial charge in [0.25, 0.3) is 0 Å². The second-order valence-corrected chi connectivity index (χ2v) is 5.11. The highest BCUT2D eigenvalue weighted by Gasteiger charge is 2.03. The maximum absolute atomic E-state index is 7.21. The van der Waals surface area contributed by atoms with Gasteiger partial charge in [0.15, 0.2) is 5.17 Å². The fraction of sp³-hybridized carbons (Fsp3) is 0.0833. The molecular formula is C12H13N2PS. The molecule has 2 aromatic carbocycles. The van der Waals surface area contributed by atoms with Gasteiger partial charge in [0.1, 0.15) is 0 Å². The Hall–Kier alpha value is -1.05.